The van der Waals surface area contributed by atoms with Crippen molar-refractivity contribution in [3.8, 4) is 0 Å². The van der Waals surface area contributed by atoms with Gasteiger partial charge in [0.15, 0.2) is 0 Å². The second kappa shape index (κ2) is 6.60. The summed E-state index contributed by atoms with van der Waals surface area (Å²) in [6.45, 7) is 1.82. The Morgan fingerprint density at radius 1 is 1.04 bits per heavy atom. The highest BCUT2D eigenvalue weighted by Gasteiger charge is 2.18. The maximum absolute atomic E-state index is 12.5. The van der Waals surface area contributed by atoms with Gasteiger partial charge in [0.25, 0.3) is 5.91 Å². The molecule has 1 aromatic heterocycles. The molecule has 0 aliphatic rings. The summed E-state index contributed by atoms with van der Waals surface area (Å²) in [6, 6.07) is 13.2. The number of rotatable bonds is 3. The van der Waals surface area contributed by atoms with E-state index in [1.807, 2.05) is 19.1 Å². The first-order valence-corrected chi connectivity index (χ1v) is 7.53. The second-order valence-electron chi connectivity index (χ2n) is 5.43. The average Bonchev–Trinajstić information content (AvgIpc) is 2.62. The number of nitrogens with one attached hydrogen (secondary N) is 1. The van der Waals surface area contributed by atoms with Crippen LogP contribution in [-0.4, -0.2) is 19.0 Å². The van der Waals surface area contributed by atoms with Crippen LogP contribution in [0.15, 0.2) is 57.7 Å². The lowest BCUT2D eigenvalue weighted by Gasteiger charge is -2.09. The molecular weight excluding hydrogens is 322 g/mol. The molecule has 0 bridgehead atoms. The van der Waals surface area contributed by atoms with Gasteiger partial charge in [0, 0.05) is 5.39 Å². The Hall–Kier alpha value is -3.41. The number of carbonyl (C=O) groups excluding carboxylic acids is 2. The van der Waals surface area contributed by atoms with Crippen molar-refractivity contribution in [3.05, 3.63) is 75.6 Å². The Labute approximate surface area is 143 Å². The molecule has 3 rings (SSSR count). The summed E-state index contributed by atoms with van der Waals surface area (Å²) in [6.07, 6.45) is 0. The lowest BCUT2D eigenvalue weighted by molar-refractivity contribution is 0.0602. The number of aryl methyl sites for hydroxylation is 1. The number of fused-ring (bicyclic) bond motifs is 1. The topological polar surface area (TPSA) is 85.6 Å². The van der Waals surface area contributed by atoms with Crippen molar-refractivity contribution < 1.29 is 18.7 Å². The number of benzene rings is 2. The van der Waals surface area contributed by atoms with Crippen molar-refractivity contribution in [3.63, 3.8) is 0 Å². The van der Waals surface area contributed by atoms with Crippen LogP contribution in [0.5, 0.6) is 0 Å². The third kappa shape index (κ3) is 3.14. The minimum absolute atomic E-state index is 0.141. The Morgan fingerprint density at radius 3 is 2.56 bits per heavy atom. The van der Waals surface area contributed by atoms with Gasteiger partial charge in [0.1, 0.15) is 11.1 Å². The molecule has 0 aliphatic heterocycles. The number of esters is 1. The van der Waals surface area contributed by atoms with Crippen LogP contribution in [-0.2, 0) is 4.74 Å². The zero-order valence-electron chi connectivity index (χ0n) is 13.7. The summed E-state index contributed by atoms with van der Waals surface area (Å²) in [4.78, 5) is 36.5. The summed E-state index contributed by atoms with van der Waals surface area (Å²) in [5.41, 5.74) is 0.812. The molecule has 6 heteroatoms. The van der Waals surface area contributed by atoms with E-state index in [9.17, 15) is 14.4 Å². The van der Waals surface area contributed by atoms with Crippen molar-refractivity contribution in [1.82, 2.24) is 0 Å². The highest BCUT2D eigenvalue weighted by Crippen LogP contribution is 2.19. The van der Waals surface area contributed by atoms with Crippen molar-refractivity contribution in [2.75, 3.05) is 12.4 Å². The van der Waals surface area contributed by atoms with E-state index in [0.717, 1.165) is 5.56 Å². The highest BCUT2D eigenvalue weighted by molar-refractivity contribution is 6.08. The molecule has 1 amide bonds. The number of hydrogen-bond donors (Lipinski definition) is 1. The van der Waals surface area contributed by atoms with Crippen LogP contribution in [0.4, 0.5) is 5.69 Å². The SMILES string of the molecule is COC(=O)c1ccccc1NC(=O)c1cc2cccc(C)c2oc1=O. The van der Waals surface area contributed by atoms with Crippen LogP contribution < -0.4 is 10.9 Å². The van der Waals surface area contributed by atoms with E-state index < -0.39 is 17.5 Å². The molecular formula is C19H15NO5. The Morgan fingerprint density at radius 2 is 1.80 bits per heavy atom. The van der Waals surface area contributed by atoms with Crippen LogP contribution in [0.2, 0.25) is 0 Å². The van der Waals surface area contributed by atoms with Crippen LogP contribution in [0.1, 0.15) is 26.3 Å². The Bertz CT molecular complexity index is 1040. The van der Waals surface area contributed by atoms with Crippen LogP contribution in [0.25, 0.3) is 11.0 Å². The quantitative estimate of drug-likeness (QED) is 0.586. The molecule has 3 aromatic rings. The van der Waals surface area contributed by atoms with Crippen LogP contribution >= 0.6 is 0 Å². The zero-order valence-corrected chi connectivity index (χ0v) is 13.7. The molecule has 0 radical (unpaired) electrons. The lowest BCUT2D eigenvalue weighted by atomic mass is 10.1. The molecule has 6 nitrogen and oxygen atoms in total. The summed E-state index contributed by atoms with van der Waals surface area (Å²) < 4.78 is 9.96. The van der Waals surface area contributed by atoms with Gasteiger partial charge in [0.05, 0.1) is 18.4 Å². The third-order valence-electron chi connectivity index (χ3n) is 3.78. The van der Waals surface area contributed by atoms with Crippen molar-refractivity contribution in [2.45, 2.75) is 6.92 Å². The molecule has 0 saturated carbocycles. The van der Waals surface area contributed by atoms with E-state index in [4.69, 9.17) is 4.42 Å². The maximum atomic E-state index is 12.5. The molecule has 0 unspecified atom stereocenters. The lowest BCUT2D eigenvalue weighted by Crippen LogP contribution is -2.22. The van der Waals surface area contributed by atoms with E-state index in [1.165, 1.54) is 19.2 Å². The number of methoxy groups -OCH3 is 1. The van der Waals surface area contributed by atoms with Gasteiger partial charge in [0.2, 0.25) is 0 Å². The molecule has 0 spiro atoms. The van der Waals surface area contributed by atoms with Crippen molar-refractivity contribution in [2.24, 2.45) is 0 Å². The summed E-state index contributed by atoms with van der Waals surface area (Å²) in [7, 11) is 1.25. The zero-order chi connectivity index (χ0) is 18.0. The number of hydrogen-bond acceptors (Lipinski definition) is 5. The van der Waals surface area contributed by atoms with E-state index in [-0.39, 0.29) is 16.8 Å². The van der Waals surface area contributed by atoms with E-state index in [1.54, 1.807) is 24.3 Å². The van der Waals surface area contributed by atoms with Gasteiger partial charge in [-0.05, 0) is 30.7 Å². The standard InChI is InChI=1S/C19H15NO5/c1-11-6-5-7-12-10-14(19(23)25-16(11)12)17(21)20-15-9-4-3-8-13(15)18(22)24-2/h3-10H,1-2H3,(H,20,21). The van der Waals surface area contributed by atoms with Gasteiger partial charge in [-0.15, -0.1) is 0 Å². The normalized spacial score (nSPS) is 10.5. The van der Waals surface area contributed by atoms with Crippen LogP contribution in [0, 0.1) is 6.92 Å². The number of ether oxygens (including phenoxy) is 1. The predicted octanol–water partition coefficient (Wildman–Crippen LogP) is 3.14. The molecule has 126 valence electrons. The second-order valence-corrected chi connectivity index (χ2v) is 5.43. The van der Waals surface area contributed by atoms with Gasteiger partial charge in [-0.25, -0.2) is 9.59 Å². The fourth-order valence-corrected chi connectivity index (χ4v) is 2.52. The molecule has 0 atom stereocenters. The molecule has 0 saturated heterocycles. The Balaban J connectivity index is 2.00. The number of para-hydroxylation sites is 2. The average molecular weight is 337 g/mol. The first kappa shape index (κ1) is 16.4. The largest absolute Gasteiger partial charge is 0.465 e. The van der Waals surface area contributed by atoms with Crippen molar-refractivity contribution in [1.29, 1.82) is 0 Å². The first-order chi connectivity index (χ1) is 12.0. The van der Waals surface area contributed by atoms with Gasteiger partial charge in [-0.1, -0.05) is 30.3 Å². The monoisotopic (exact) mass is 337 g/mol. The maximum Gasteiger partial charge on any atom is 0.349 e. The number of carbonyl (C=O) groups is 2. The smallest absolute Gasteiger partial charge is 0.349 e. The third-order valence-corrected chi connectivity index (χ3v) is 3.78. The minimum atomic E-state index is -0.741. The molecule has 1 N–H and O–H groups in total. The van der Waals surface area contributed by atoms with Crippen molar-refractivity contribution >= 4 is 28.5 Å². The van der Waals surface area contributed by atoms with Gasteiger partial charge in [-0.2, -0.15) is 0 Å². The molecule has 0 fully saturated rings. The van der Waals surface area contributed by atoms with Gasteiger partial charge < -0.3 is 14.5 Å². The fourth-order valence-electron chi connectivity index (χ4n) is 2.52. The summed E-state index contributed by atoms with van der Waals surface area (Å²) in [5, 5.41) is 3.21. The highest BCUT2D eigenvalue weighted by atomic mass is 16.5. The Kier molecular flexibility index (Phi) is 4.35. The molecule has 0 aliphatic carbocycles. The van der Waals surface area contributed by atoms with E-state index in [2.05, 4.69) is 10.1 Å². The molecule has 2 aromatic carbocycles. The van der Waals surface area contributed by atoms with Gasteiger partial charge >= 0.3 is 11.6 Å². The van der Waals surface area contributed by atoms with E-state index >= 15 is 0 Å². The first-order valence-electron chi connectivity index (χ1n) is 7.53. The molecule has 25 heavy (non-hydrogen) atoms. The minimum Gasteiger partial charge on any atom is -0.465 e. The molecule has 1 heterocycles. The number of anilines is 1. The predicted molar refractivity (Wildman–Crippen MR) is 93.0 cm³/mol. The summed E-state index contributed by atoms with van der Waals surface area (Å²) >= 11 is 0. The summed E-state index contributed by atoms with van der Waals surface area (Å²) in [5.74, 6) is -1.24. The number of amides is 1. The van der Waals surface area contributed by atoms with E-state index in [0.29, 0.717) is 11.0 Å². The van der Waals surface area contributed by atoms with Gasteiger partial charge in [-0.3, -0.25) is 4.79 Å². The fraction of sp³-hybridized carbons (Fsp3) is 0.105. The van der Waals surface area contributed by atoms with Crippen LogP contribution in [0.3, 0.4) is 0 Å².